The number of carbonyl (C=O) groups is 1. The molecule has 1 amide bonds. The van der Waals surface area contributed by atoms with Crippen LogP contribution < -0.4 is 16.6 Å². The normalized spacial score (nSPS) is 22.9. The molecule has 1 heterocycles. The van der Waals surface area contributed by atoms with Gasteiger partial charge >= 0.3 is 0 Å². The molecule has 4 N–H and O–H groups in total. The molecule has 104 valence electrons. The topological polar surface area (TPSA) is 76.4 Å². The number of hydrazine groups is 1. The summed E-state index contributed by atoms with van der Waals surface area (Å²) in [6.45, 7) is 4.67. The number of nitrogens with one attached hydrogen (secondary N) is 2. The van der Waals surface area contributed by atoms with Crippen LogP contribution in [0.25, 0.3) is 0 Å². The van der Waals surface area contributed by atoms with Crippen molar-refractivity contribution in [2.45, 2.75) is 38.8 Å². The second-order valence-corrected chi connectivity index (χ2v) is 5.07. The van der Waals surface area contributed by atoms with Crippen LogP contribution in [0.2, 0.25) is 0 Å². The van der Waals surface area contributed by atoms with Crippen molar-refractivity contribution >= 4 is 11.6 Å². The Morgan fingerprint density at radius 1 is 1.47 bits per heavy atom. The number of carbonyl (C=O) groups excluding carboxylic acids is 1. The number of nitrogen functional groups attached to an aromatic ring is 1. The second-order valence-electron chi connectivity index (χ2n) is 5.07. The molecule has 1 saturated heterocycles. The predicted octanol–water partition coefficient (Wildman–Crippen LogP) is 1.58. The molecule has 1 aromatic rings. The smallest absolute Gasteiger partial charge is 0.253 e. The highest BCUT2D eigenvalue weighted by atomic mass is 16.5. The van der Waals surface area contributed by atoms with E-state index < -0.39 is 0 Å². The number of nitrogens with two attached hydrogens (primary N) is 1. The van der Waals surface area contributed by atoms with E-state index in [1.165, 1.54) is 0 Å². The van der Waals surface area contributed by atoms with E-state index in [0.29, 0.717) is 17.9 Å². The first kappa shape index (κ1) is 13.8. The van der Waals surface area contributed by atoms with Gasteiger partial charge in [0.25, 0.3) is 5.91 Å². The van der Waals surface area contributed by atoms with Gasteiger partial charge in [-0.2, -0.15) is 0 Å². The quantitative estimate of drug-likeness (QED) is 0.571. The third-order valence-electron chi connectivity index (χ3n) is 3.40. The zero-order valence-corrected chi connectivity index (χ0v) is 11.4. The molecule has 0 radical (unpaired) electrons. The van der Waals surface area contributed by atoms with Crippen molar-refractivity contribution in [3.8, 4) is 0 Å². The average molecular weight is 263 g/mol. The number of rotatable bonds is 3. The molecule has 5 heteroatoms. The van der Waals surface area contributed by atoms with Crippen LogP contribution in [0.15, 0.2) is 18.2 Å². The number of benzene rings is 1. The van der Waals surface area contributed by atoms with Crippen molar-refractivity contribution in [2.75, 3.05) is 12.0 Å². The second kappa shape index (κ2) is 6.04. The Kier molecular flexibility index (Phi) is 4.39. The standard InChI is InChI=1S/C14H21N3O2/c1-9-3-4-13(17-15)12(7-9)14(18)16-11-5-6-19-10(2)8-11/h3-4,7,10-11,17H,5-6,8,15H2,1-2H3,(H,16,18). The summed E-state index contributed by atoms with van der Waals surface area (Å²) in [6.07, 6.45) is 1.90. The van der Waals surface area contributed by atoms with Gasteiger partial charge in [0, 0.05) is 12.6 Å². The van der Waals surface area contributed by atoms with E-state index in [4.69, 9.17) is 10.6 Å². The molecular formula is C14H21N3O2. The lowest BCUT2D eigenvalue weighted by Crippen LogP contribution is -2.41. The number of anilines is 1. The average Bonchev–Trinajstić information content (AvgIpc) is 2.38. The highest BCUT2D eigenvalue weighted by Crippen LogP contribution is 2.18. The molecule has 1 aliphatic heterocycles. The monoisotopic (exact) mass is 263 g/mol. The van der Waals surface area contributed by atoms with Gasteiger partial charge in [-0.05, 0) is 38.8 Å². The first-order valence-electron chi connectivity index (χ1n) is 6.60. The summed E-state index contributed by atoms with van der Waals surface area (Å²) in [7, 11) is 0. The molecule has 1 fully saturated rings. The van der Waals surface area contributed by atoms with Crippen LogP contribution in [0.4, 0.5) is 5.69 Å². The van der Waals surface area contributed by atoms with E-state index in [-0.39, 0.29) is 18.1 Å². The summed E-state index contributed by atoms with van der Waals surface area (Å²) in [5.74, 6) is 5.36. The molecule has 0 spiro atoms. The van der Waals surface area contributed by atoms with E-state index in [9.17, 15) is 4.79 Å². The fourth-order valence-electron chi connectivity index (χ4n) is 2.36. The zero-order chi connectivity index (χ0) is 13.8. The summed E-state index contributed by atoms with van der Waals surface area (Å²) >= 11 is 0. The van der Waals surface area contributed by atoms with Crippen LogP contribution >= 0.6 is 0 Å². The van der Waals surface area contributed by atoms with Gasteiger partial charge in [-0.15, -0.1) is 0 Å². The molecule has 2 atom stereocenters. The van der Waals surface area contributed by atoms with Gasteiger partial charge in [-0.3, -0.25) is 10.6 Å². The van der Waals surface area contributed by atoms with Gasteiger partial charge in [0.15, 0.2) is 0 Å². The van der Waals surface area contributed by atoms with Gasteiger partial charge in [0.2, 0.25) is 0 Å². The molecular weight excluding hydrogens is 242 g/mol. The van der Waals surface area contributed by atoms with Crippen molar-refractivity contribution in [1.29, 1.82) is 0 Å². The lowest BCUT2D eigenvalue weighted by atomic mass is 10.0. The van der Waals surface area contributed by atoms with Crippen molar-refractivity contribution < 1.29 is 9.53 Å². The van der Waals surface area contributed by atoms with Gasteiger partial charge in [-0.25, -0.2) is 0 Å². The molecule has 1 aliphatic rings. The Morgan fingerprint density at radius 2 is 2.26 bits per heavy atom. The largest absolute Gasteiger partial charge is 0.378 e. The summed E-state index contributed by atoms with van der Waals surface area (Å²) in [4.78, 5) is 12.3. The van der Waals surface area contributed by atoms with Crippen molar-refractivity contribution in [3.63, 3.8) is 0 Å². The maximum atomic E-state index is 12.3. The van der Waals surface area contributed by atoms with E-state index in [1.807, 2.05) is 32.0 Å². The SMILES string of the molecule is Cc1ccc(NN)c(C(=O)NC2CCOC(C)C2)c1. The van der Waals surface area contributed by atoms with Crippen LogP contribution in [0.3, 0.4) is 0 Å². The van der Waals surface area contributed by atoms with Crippen molar-refractivity contribution in [3.05, 3.63) is 29.3 Å². The molecule has 0 saturated carbocycles. The molecule has 2 unspecified atom stereocenters. The highest BCUT2D eigenvalue weighted by Gasteiger charge is 2.22. The van der Waals surface area contributed by atoms with Crippen molar-refractivity contribution in [1.82, 2.24) is 5.32 Å². The lowest BCUT2D eigenvalue weighted by Gasteiger charge is -2.28. The minimum atomic E-state index is -0.0873. The number of hydrogen-bond donors (Lipinski definition) is 3. The summed E-state index contributed by atoms with van der Waals surface area (Å²) in [5, 5.41) is 3.05. The molecule has 5 nitrogen and oxygen atoms in total. The van der Waals surface area contributed by atoms with Crippen LogP contribution in [0.5, 0.6) is 0 Å². The zero-order valence-electron chi connectivity index (χ0n) is 11.4. The number of amides is 1. The van der Waals surface area contributed by atoms with E-state index in [0.717, 1.165) is 18.4 Å². The first-order chi connectivity index (χ1) is 9.10. The Labute approximate surface area is 113 Å². The summed E-state index contributed by atoms with van der Waals surface area (Å²) in [6, 6.07) is 5.74. The molecule has 2 rings (SSSR count). The molecule has 0 aromatic heterocycles. The fraction of sp³-hybridized carbons (Fsp3) is 0.500. The maximum absolute atomic E-state index is 12.3. The Hall–Kier alpha value is -1.59. The molecule has 1 aromatic carbocycles. The maximum Gasteiger partial charge on any atom is 0.253 e. The van der Waals surface area contributed by atoms with Crippen molar-refractivity contribution in [2.24, 2.45) is 5.84 Å². The number of hydrogen-bond acceptors (Lipinski definition) is 4. The van der Waals surface area contributed by atoms with Crippen LogP contribution in [0.1, 0.15) is 35.7 Å². The van der Waals surface area contributed by atoms with E-state index in [2.05, 4.69) is 10.7 Å². The Morgan fingerprint density at radius 3 is 2.95 bits per heavy atom. The Balaban J connectivity index is 2.09. The fourth-order valence-corrected chi connectivity index (χ4v) is 2.36. The van der Waals surface area contributed by atoms with Gasteiger partial charge < -0.3 is 15.5 Å². The third-order valence-corrected chi connectivity index (χ3v) is 3.40. The summed E-state index contributed by atoms with van der Waals surface area (Å²) < 4.78 is 5.48. The number of ether oxygens (including phenoxy) is 1. The molecule has 19 heavy (non-hydrogen) atoms. The van der Waals surface area contributed by atoms with Crippen LogP contribution in [0, 0.1) is 6.92 Å². The lowest BCUT2D eigenvalue weighted by molar-refractivity contribution is 0.0137. The van der Waals surface area contributed by atoms with Crippen LogP contribution in [-0.2, 0) is 4.74 Å². The third kappa shape index (κ3) is 3.45. The summed E-state index contributed by atoms with van der Waals surface area (Å²) in [5.41, 5.74) is 4.82. The van der Waals surface area contributed by atoms with Crippen LogP contribution in [-0.4, -0.2) is 24.7 Å². The van der Waals surface area contributed by atoms with Gasteiger partial charge in [0.05, 0.1) is 17.4 Å². The number of aryl methyl sites for hydroxylation is 1. The van der Waals surface area contributed by atoms with Gasteiger partial charge in [0.1, 0.15) is 0 Å². The predicted molar refractivity (Wildman–Crippen MR) is 74.9 cm³/mol. The van der Waals surface area contributed by atoms with Gasteiger partial charge in [-0.1, -0.05) is 11.6 Å². The molecule has 0 aliphatic carbocycles. The minimum absolute atomic E-state index is 0.0873. The highest BCUT2D eigenvalue weighted by molar-refractivity contribution is 5.99. The first-order valence-corrected chi connectivity index (χ1v) is 6.60. The van der Waals surface area contributed by atoms with E-state index in [1.54, 1.807) is 0 Å². The van der Waals surface area contributed by atoms with E-state index >= 15 is 0 Å². The Bertz CT molecular complexity index is 462. The minimum Gasteiger partial charge on any atom is -0.378 e. The molecule has 0 bridgehead atoms.